The average Bonchev–Trinajstić information content (AvgIpc) is 2.79. The molecule has 1 aliphatic carbocycles. The number of aliphatic hydroxyl groups is 1. The van der Waals surface area contributed by atoms with E-state index in [1.165, 1.54) is 0 Å². The Balaban J connectivity index is 1.84. The molecule has 90 valence electrons. The SMILES string of the molecule is CN(Cc1cnnn1C)CC1CCCC1O. The summed E-state index contributed by atoms with van der Waals surface area (Å²) in [6, 6.07) is 0. The van der Waals surface area contributed by atoms with Crippen molar-refractivity contribution < 1.29 is 5.11 Å². The normalized spacial score (nSPS) is 25.5. The summed E-state index contributed by atoms with van der Waals surface area (Å²) in [5.74, 6) is 0.436. The number of aryl methyl sites for hydroxylation is 1. The van der Waals surface area contributed by atoms with Gasteiger partial charge in [-0.25, -0.2) is 0 Å². The van der Waals surface area contributed by atoms with Gasteiger partial charge in [-0.3, -0.25) is 4.68 Å². The summed E-state index contributed by atoms with van der Waals surface area (Å²) in [7, 11) is 3.98. The molecule has 1 aromatic rings. The number of rotatable bonds is 4. The van der Waals surface area contributed by atoms with Gasteiger partial charge < -0.3 is 10.0 Å². The highest BCUT2D eigenvalue weighted by Gasteiger charge is 2.26. The van der Waals surface area contributed by atoms with Crippen molar-refractivity contribution in [1.29, 1.82) is 0 Å². The number of nitrogens with zero attached hydrogens (tertiary/aromatic N) is 4. The molecular formula is C11H20N4O. The summed E-state index contributed by atoms with van der Waals surface area (Å²) >= 11 is 0. The zero-order valence-corrected chi connectivity index (χ0v) is 10.0. The van der Waals surface area contributed by atoms with E-state index < -0.39 is 0 Å². The Morgan fingerprint density at radius 1 is 1.56 bits per heavy atom. The fourth-order valence-electron chi connectivity index (χ4n) is 2.43. The van der Waals surface area contributed by atoms with Crippen molar-refractivity contribution in [1.82, 2.24) is 19.9 Å². The van der Waals surface area contributed by atoms with Gasteiger partial charge in [-0.05, 0) is 25.8 Å². The second-order valence-electron chi connectivity index (χ2n) is 4.80. The van der Waals surface area contributed by atoms with Gasteiger partial charge in [-0.1, -0.05) is 11.6 Å². The van der Waals surface area contributed by atoms with Crippen LogP contribution in [0.15, 0.2) is 6.20 Å². The monoisotopic (exact) mass is 224 g/mol. The van der Waals surface area contributed by atoms with Crippen LogP contribution in [0.25, 0.3) is 0 Å². The van der Waals surface area contributed by atoms with E-state index in [0.717, 1.165) is 38.0 Å². The maximum Gasteiger partial charge on any atom is 0.0738 e. The largest absolute Gasteiger partial charge is 0.393 e. The van der Waals surface area contributed by atoms with Crippen LogP contribution in [0.1, 0.15) is 25.0 Å². The van der Waals surface area contributed by atoms with Crippen LogP contribution in [0.4, 0.5) is 0 Å². The first-order valence-electron chi connectivity index (χ1n) is 5.87. The molecule has 2 unspecified atom stereocenters. The van der Waals surface area contributed by atoms with Gasteiger partial charge in [0, 0.05) is 20.1 Å². The van der Waals surface area contributed by atoms with E-state index in [-0.39, 0.29) is 6.10 Å². The van der Waals surface area contributed by atoms with Crippen molar-refractivity contribution >= 4 is 0 Å². The Hall–Kier alpha value is -0.940. The quantitative estimate of drug-likeness (QED) is 0.804. The Labute approximate surface area is 96.1 Å². The van der Waals surface area contributed by atoms with Gasteiger partial charge >= 0.3 is 0 Å². The van der Waals surface area contributed by atoms with Crippen LogP contribution in [0, 0.1) is 5.92 Å². The lowest BCUT2D eigenvalue weighted by Gasteiger charge is -2.22. The number of aromatic nitrogens is 3. The molecular weight excluding hydrogens is 204 g/mol. The molecule has 5 nitrogen and oxygen atoms in total. The van der Waals surface area contributed by atoms with Crippen molar-refractivity contribution in [3.63, 3.8) is 0 Å². The lowest BCUT2D eigenvalue weighted by molar-refractivity contribution is 0.107. The average molecular weight is 224 g/mol. The molecule has 1 N–H and O–H groups in total. The minimum absolute atomic E-state index is 0.105. The fraction of sp³-hybridized carbons (Fsp3) is 0.818. The second-order valence-corrected chi connectivity index (χ2v) is 4.80. The van der Waals surface area contributed by atoms with Crippen LogP contribution in [0.2, 0.25) is 0 Å². The maximum absolute atomic E-state index is 9.76. The first-order valence-corrected chi connectivity index (χ1v) is 5.87. The zero-order chi connectivity index (χ0) is 11.5. The second kappa shape index (κ2) is 4.93. The molecule has 2 rings (SSSR count). The van der Waals surface area contributed by atoms with Crippen LogP contribution in [0.5, 0.6) is 0 Å². The maximum atomic E-state index is 9.76. The van der Waals surface area contributed by atoms with Crippen molar-refractivity contribution in [2.24, 2.45) is 13.0 Å². The Morgan fingerprint density at radius 2 is 2.38 bits per heavy atom. The molecule has 2 atom stereocenters. The van der Waals surface area contributed by atoms with Crippen molar-refractivity contribution in [2.45, 2.75) is 31.9 Å². The third-order valence-corrected chi connectivity index (χ3v) is 3.41. The van der Waals surface area contributed by atoms with Gasteiger partial charge in [0.2, 0.25) is 0 Å². The Kier molecular flexibility index (Phi) is 3.56. The predicted octanol–water partition coefficient (Wildman–Crippen LogP) is 0.408. The fourth-order valence-corrected chi connectivity index (χ4v) is 2.43. The smallest absolute Gasteiger partial charge is 0.0738 e. The van der Waals surface area contributed by atoms with Gasteiger partial charge in [0.05, 0.1) is 18.0 Å². The first kappa shape index (κ1) is 11.5. The third kappa shape index (κ3) is 2.59. The van der Waals surface area contributed by atoms with Crippen LogP contribution in [-0.4, -0.2) is 44.7 Å². The number of hydrogen-bond acceptors (Lipinski definition) is 4. The Morgan fingerprint density at radius 3 is 2.94 bits per heavy atom. The minimum atomic E-state index is -0.105. The van der Waals surface area contributed by atoms with Crippen molar-refractivity contribution in [2.75, 3.05) is 13.6 Å². The van der Waals surface area contributed by atoms with E-state index in [4.69, 9.17) is 0 Å². The lowest BCUT2D eigenvalue weighted by atomic mass is 10.1. The molecule has 1 fully saturated rings. The summed E-state index contributed by atoms with van der Waals surface area (Å²) in [6.07, 6.45) is 4.96. The minimum Gasteiger partial charge on any atom is -0.393 e. The highest BCUT2D eigenvalue weighted by Crippen LogP contribution is 2.26. The number of hydrogen-bond donors (Lipinski definition) is 1. The zero-order valence-electron chi connectivity index (χ0n) is 10.0. The van der Waals surface area contributed by atoms with E-state index >= 15 is 0 Å². The summed E-state index contributed by atoms with van der Waals surface area (Å²) in [5, 5.41) is 17.5. The van der Waals surface area contributed by atoms with E-state index in [9.17, 15) is 5.11 Å². The first-order chi connectivity index (χ1) is 7.66. The molecule has 5 heteroatoms. The van der Waals surface area contributed by atoms with Crippen LogP contribution in [-0.2, 0) is 13.6 Å². The molecule has 1 heterocycles. The summed E-state index contributed by atoms with van der Waals surface area (Å²) < 4.78 is 1.79. The molecule has 0 amide bonds. The summed E-state index contributed by atoms with van der Waals surface area (Å²) in [4.78, 5) is 2.23. The van der Waals surface area contributed by atoms with E-state index in [0.29, 0.717) is 5.92 Å². The topological polar surface area (TPSA) is 54.2 Å². The van der Waals surface area contributed by atoms with Crippen molar-refractivity contribution in [3.8, 4) is 0 Å². The highest BCUT2D eigenvalue weighted by atomic mass is 16.3. The molecule has 1 aliphatic rings. The van der Waals surface area contributed by atoms with Gasteiger partial charge in [0.15, 0.2) is 0 Å². The Bertz CT molecular complexity index is 338. The van der Waals surface area contributed by atoms with Gasteiger partial charge in [-0.2, -0.15) is 0 Å². The third-order valence-electron chi connectivity index (χ3n) is 3.41. The van der Waals surface area contributed by atoms with Gasteiger partial charge in [0.1, 0.15) is 0 Å². The molecule has 0 saturated heterocycles. The number of aliphatic hydroxyl groups excluding tert-OH is 1. The molecule has 0 spiro atoms. The standard InChI is InChI=1S/C11H20N4O/c1-14(7-9-4-3-5-11(9)16)8-10-6-12-13-15(10)2/h6,9,11,16H,3-5,7-8H2,1-2H3. The van der Waals surface area contributed by atoms with Gasteiger partial charge in [0.25, 0.3) is 0 Å². The van der Waals surface area contributed by atoms with Crippen LogP contribution < -0.4 is 0 Å². The van der Waals surface area contributed by atoms with E-state index in [2.05, 4.69) is 22.3 Å². The molecule has 16 heavy (non-hydrogen) atoms. The van der Waals surface area contributed by atoms with E-state index in [1.54, 1.807) is 10.9 Å². The molecule has 0 bridgehead atoms. The van der Waals surface area contributed by atoms with Crippen LogP contribution in [0.3, 0.4) is 0 Å². The molecule has 1 saturated carbocycles. The van der Waals surface area contributed by atoms with Crippen LogP contribution >= 0.6 is 0 Å². The predicted molar refractivity (Wildman–Crippen MR) is 60.7 cm³/mol. The molecule has 0 aliphatic heterocycles. The summed E-state index contributed by atoms with van der Waals surface area (Å²) in [5.41, 5.74) is 1.11. The molecule has 0 aromatic carbocycles. The van der Waals surface area contributed by atoms with Crippen molar-refractivity contribution in [3.05, 3.63) is 11.9 Å². The highest BCUT2D eigenvalue weighted by molar-refractivity contribution is 4.93. The lowest BCUT2D eigenvalue weighted by Crippen LogP contribution is -2.30. The molecule has 0 radical (unpaired) electrons. The molecule has 1 aromatic heterocycles. The summed E-state index contributed by atoms with van der Waals surface area (Å²) in [6.45, 7) is 1.79. The van der Waals surface area contributed by atoms with Gasteiger partial charge in [-0.15, -0.1) is 5.10 Å². The van der Waals surface area contributed by atoms with E-state index in [1.807, 2.05) is 7.05 Å².